The van der Waals surface area contributed by atoms with Crippen molar-refractivity contribution in [1.82, 2.24) is 15.2 Å². The lowest BCUT2D eigenvalue weighted by atomic mass is 10.1. The van der Waals surface area contributed by atoms with Crippen LogP contribution in [0.3, 0.4) is 0 Å². The molecule has 3 nitrogen and oxygen atoms in total. The molecule has 2 heterocycles. The summed E-state index contributed by atoms with van der Waals surface area (Å²) in [6, 6.07) is 6.52. The van der Waals surface area contributed by atoms with E-state index in [0.29, 0.717) is 6.04 Å². The van der Waals surface area contributed by atoms with Crippen molar-refractivity contribution in [2.75, 3.05) is 26.2 Å². The fourth-order valence-corrected chi connectivity index (χ4v) is 2.18. The summed E-state index contributed by atoms with van der Waals surface area (Å²) >= 11 is 0. The van der Waals surface area contributed by atoms with Crippen molar-refractivity contribution in [3.8, 4) is 0 Å². The minimum Gasteiger partial charge on any atom is -0.314 e. The summed E-state index contributed by atoms with van der Waals surface area (Å²) in [7, 11) is 0. The molecule has 1 aliphatic rings. The van der Waals surface area contributed by atoms with E-state index in [1.165, 1.54) is 0 Å². The molecule has 0 saturated carbocycles. The van der Waals surface area contributed by atoms with E-state index >= 15 is 0 Å². The fraction of sp³-hybridized carbons (Fsp3) is 0.462. The van der Waals surface area contributed by atoms with Gasteiger partial charge in [-0.2, -0.15) is 0 Å². The first-order chi connectivity index (χ1) is 7.92. The molecule has 0 aliphatic carbocycles. The highest BCUT2D eigenvalue weighted by molar-refractivity contribution is 5.10. The minimum atomic E-state index is 0.390. The Morgan fingerprint density at radius 1 is 1.44 bits per heavy atom. The zero-order chi connectivity index (χ0) is 11.2. The van der Waals surface area contributed by atoms with Crippen LogP contribution in [0.25, 0.3) is 0 Å². The molecule has 1 aliphatic heterocycles. The van der Waals surface area contributed by atoms with Gasteiger partial charge >= 0.3 is 0 Å². The average molecular weight is 217 g/mol. The lowest BCUT2D eigenvalue weighted by molar-refractivity contribution is 0.171. The maximum absolute atomic E-state index is 4.46. The summed E-state index contributed by atoms with van der Waals surface area (Å²) < 4.78 is 0. The SMILES string of the molecule is C=CC[C@H](c1ccccn1)N1CCNCC1. The predicted molar refractivity (Wildman–Crippen MR) is 66.2 cm³/mol. The molecule has 1 aromatic rings. The molecule has 1 aromatic heterocycles. The monoisotopic (exact) mass is 217 g/mol. The van der Waals surface area contributed by atoms with Gasteiger partial charge in [-0.1, -0.05) is 12.1 Å². The second-order valence-corrected chi connectivity index (χ2v) is 4.08. The zero-order valence-corrected chi connectivity index (χ0v) is 9.60. The second kappa shape index (κ2) is 5.77. The molecule has 3 heteroatoms. The van der Waals surface area contributed by atoms with Crippen molar-refractivity contribution < 1.29 is 0 Å². The van der Waals surface area contributed by atoms with Crippen molar-refractivity contribution >= 4 is 0 Å². The third-order valence-electron chi connectivity index (χ3n) is 3.01. The van der Waals surface area contributed by atoms with Crippen LogP contribution in [0.5, 0.6) is 0 Å². The van der Waals surface area contributed by atoms with Crippen LogP contribution in [-0.4, -0.2) is 36.1 Å². The predicted octanol–water partition coefficient (Wildman–Crippen LogP) is 1.60. The van der Waals surface area contributed by atoms with Crippen LogP contribution in [-0.2, 0) is 0 Å². The smallest absolute Gasteiger partial charge is 0.0578 e. The van der Waals surface area contributed by atoms with Crippen LogP contribution in [0.4, 0.5) is 0 Å². The number of nitrogens with zero attached hydrogens (tertiary/aromatic N) is 2. The Morgan fingerprint density at radius 3 is 2.88 bits per heavy atom. The number of hydrogen-bond acceptors (Lipinski definition) is 3. The van der Waals surface area contributed by atoms with Gasteiger partial charge in [0.25, 0.3) is 0 Å². The van der Waals surface area contributed by atoms with Crippen molar-refractivity contribution in [3.05, 3.63) is 42.7 Å². The van der Waals surface area contributed by atoms with Crippen LogP contribution in [0.15, 0.2) is 37.1 Å². The highest BCUT2D eigenvalue weighted by Gasteiger charge is 2.21. The Labute approximate surface area is 97.2 Å². The molecule has 0 bridgehead atoms. The lowest BCUT2D eigenvalue weighted by Gasteiger charge is -2.34. The number of nitrogens with one attached hydrogen (secondary N) is 1. The Kier molecular flexibility index (Phi) is 4.08. The average Bonchev–Trinajstić information content (AvgIpc) is 2.38. The quantitative estimate of drug-likeness (QED) is 0.777. The molecule has 2 rings (SSSR count). The lowest BCUT2D eigenvalue weighted by Crippen LogP contribution is -2.45. The number of aromatic nitrogens is 1. The van der Waals surface area contributed by atoms with E-state index in [4.69, 9.17) is 0 Å². The normalized spacial score (nSPS) is 19.2. The first-order valence-electron chi connectivity index (χ1n) is 5.88. The zero-order valence-electron chi connectivity index (χ0n) is 9.60. The molecule has 0 amide bonds. The van der Waals surface area contributed by atoms with Crippen LogP contribution in [0.2, 0.25) is 0 Å². The van der Waals surface area contributed by atoms with Crippen LogP contribution in [0.1, 0.15) is 18.2 Å². The summed E-state index contributed by atoms with van der Waals surface area (Å²) in [5, 5.41) is 3.38. The molecule has 1 fully saturated rings. The topological polar surface area (TPSA) is 28.2 Å². The van der Waals surface area contributed by atoms with E-state index < -0.39 is 0 Å². The van der Waals surface area contributed by atoms with Crippen LogP contribution in [0, 0.1) is 0 Å². The largest absolute Gasteiger partial charge is 0.314 e. The van der Waals surface area contributed by atoms with E-state index in [-0.39, 0.29) is 0 Å². The fourth-order valence-electron chi connectivity index (χ4n) is 2.18. The molecule has 16 heavy (non-hydrogen) atoms. The van der Waals surface area contributed by atoms with E-state index in [1.807, 2.05) is 18.3 Å². The van der Waals surface area contributed by atoms with Gasteiger partial charge < -0.3 is 5.32 Å². The standard InChI is InChI=1S/C13H19N3/c1-2-5-13(12-6-3-4-7-15-12)16-10-8-14-9-11-16/h2-4,6-7,13-14H,1,5,8-11H2/t13-/m1/s1. The van der Waals surface area contributed by atoms with Crippen molar-refractivity contribution in [3.63, 3.8) is 0 Å². The molecule has 0 unspecified atom stereocenters. The van der Waals surface area contributed by atoms with Gasteiger partial charge in [-0.25, -0.2) is 0 Å². The Balaban J connectivity index is 2.12. The van der Waals surface area contributed by atoms with E-state index in [9.17, 15) is 0 Å². The van der Waals surface area contributed by atoms with E-state index in [0.717, 1.165) is 38.3 Å². The number of hydrogen-bond donors (Lipinski definition) is 1. The summed E-state index contributed by atoms with van der Waals surface area (Å²) in [6.07, 6.45) is 4.83. The first-order valence-corrected chi connectivity index (χ1v) is 5.88. The molecule has 1 N–H and O–H groups in total. The first kappa shape index (κ1) is 11.3. The van der Waals surface area contributed by atoms with Crippen LogP contribution < -0.4 is 5.32 Å². The van der Waals surface area contributed by atoms with Gasteiger partial charge in [0.1, 0.15) is 0 Å². The van der Waals surface area contributed by atoms with Gasteiger partial charge in [-0.15, -0.1) is 6.58 Å². The van der Waals surface area contributed by atoms with Gasteiger partial charge in [0.2, 0.25) is 0 Å². The maximum Gasteiger partial charge on any atom is 0.0578 e. The van der Waals surface area contributed by atoms with Crippen molar-refractivity contribution in [2.24, 2.45) is 0 Å². The molecule has 0 radical (unpaired) electrons. The third-order valence-corrected chi connectivity index (χ3v) is 3.01. The summed E-state index contributed by atoms with van der Waals surface area (Å²) in [5.74, 6) is 0. The third kappa shape index (κ3) is 2.68. The Hall–Kier alpha value is -1.19. The van der Waals surface area contributed by atoms with E-state index in [2.05, 4.69) is 33.9 Å². The second-order valence-electron chi connectivity index (χ2n) is 4.08. The van der Waals surface area contributed by atoms with Gasteiger partial charge in [-0.3, -0.25) is 9.88 Å². The Morgan fingerprint density at radius 2 is 2.25 bits per heavy atom. The van der Waals surface area contributed by atoms with Gasteiger partial charge in [0.15, 0.2) is 0 Å². The maximum atomic E-state index is 4.46. The summed E-state index contributed by atoms with van der Waals surface area (Å²) in [6.45, 7) is 8.18. The Bertz CT molecular complexity index is 317. The van der Waals surface area contributed by atoms with Crippen molar-refractivity contribution in [2.45, 2.75) is 12.5 Å². The molecule has 1 atom stereocenters. The van der Waals surface area contributed by atoms with Gasteiger partial charge in [0.05, 0.1) is 11.7 Å². The molecular formula is C13H19N3. The van der Waals surface area contributed by atoms with Gasteiger partial charge in [0, 0.05) is 32.4 Å². The number of rotatable bonds is 4. The number of pyridine rings is 1. The van der Waals surface area contributed by atoms with Crippen molar-refractivity contribution in [1.29, 1.82) is 0 Å². The molecule has 86 valence electrons. The highest BCUT2D eigenvalue weighted by Crippen LogP contribution is 2.22. The summed E-state index contributed by atoms with van der Waals surface area (Å²) in [4.78, 5) is 6.95. The van der Waals surface area contributed by atoms with Crippen LogP contribution >= 0.6 is 0 Å². The number of piperazine rings is 1. The van der Waals surface area contributed by atoms with Gasteiger partial charge in [-0.05, 0) is 18.6 Å². The molecular weight excluding hydrogens is 198 g/mol. The molecule has 0 aromatic carbocycles. The molecule has 1 saturated heterocycles. The summed E-state index contributed by atoms with van der Waals surface area (Å²) in [5.41, 5.74) is 1.16. The van der Waals surface area contributed by atoms with E-state index in [1.54, 1.807) is 0 Å². The highest BCUT2D eigenvalue weighted by atomic mass is 15.2. The molecule has 0 spiro atoms. The minimum absolute atomic E-state index is 0.390.